The predicted molar refractivity (Wildman–Crippen MR) is 91.0 cm³/mol. The number of thioether (sulfide) groups is 1. The van der Waals surface area contributed by atoms with Gasteiger partial charge in [-0.05, 0) is 36.4 Å². The number of hydrogen-bond acceptors (Lipinski definition) is 4. The van der Waals surface area contributed by atoms with Crippen LogP contribution in [0.1, 0.15) is 12.0 Å². The fourth-order valence-corrected chi connectivity index (χ4v) is 3.34. The van der Waals surface area contributed by atoms with E-state index in [1.807, 2.05) is 24.3 Å². The molecular formula is C18H17F2NO2S. The van der Waals surface area contributed by atoms with Crippen molar-refractivity contribution in [2.75, 3.05) is 19.5 Å². The van der Waals surface area contributed by atoms with Crippen molar-refractivity contribution in [2.45, 2.75) is 17.4 Å². The molecule has 0 aromatic heterocycles. The minimum atomic E-state index is -0.655. The summed E-state index contributed by atoms with van der Waals surface area (Å²) in [5.41, 5.74) is -0.184. The zero-order valence-electron chi connectivity index (χ0n) is 13.2. The standard InChI is InChI=1S/C18H17F2NO2S/c1-22-13-5-7-14(8-6-13)24-11-12-9-10-23-18(21-12)17-15(19)3-2-4-16(17)20/h2-8,12H,9-11H2,1H3. The second-order valence-electron chi connectivity index (χ2n) is 5.31. The summed E-state index contributed by atoms with van der Waals surface area (Å²) < 4.78 is 38.2. The van der Waals surface area contributed by atoms with Crippen LogP contribution in [0.2, 0.25) is 0 Å². The first-order valence-corrected chi connectivity index (χ1v) is 8.58. The van der Waals surface area contributed by atoms with E-state index in [4.69, 9.17) is 9.47 Å². The van der Waals surface area contributed by atoms with Crippen LogP contribution in [-0.4, -0.2) is 31.4 Å². The summed E-state index contributed by atoms with van der Waals surface area (Å²) in [4.78, 5) is 5.49. The van der Waals surface area contributed by atoms with Gasteiger partial charge in [-0.15, -0.1) is 11.8 Å². The van der Waals surface area contributed by atoms with E-state index in [1.165, 1.54) is 18.2 Å². The predicted octanol–water partition coefficient (Wildman–Crippen LogP) is 4.30. The second-order valence-corrected chi connectivity index (χ2v) is 6.40. The SMILES string of the molecule is COc1ccc(SCC2CCOC(c3c(F)cccc3F)=N2)cc1. The topological polar surface area (TPSA) is 30.8 Å². The van der Waals surface area contributed by atoms with Gasteiger partial charge in [-0.2, -0.15) is 0 Å². The molecule has 2 aromatic carbocycles. The summed E-state index contributed by atoms with van der Waals surface area (Å²) in [6, 6.07) is 11.5. The minimum Gasteiger partial charge on any atom is -0.497 e. The number of halogens is 2. The summed E-state index contributed by atoms with van der Waals surface area (Å²) in [6.07, 6.45) is 0.725. The molecule has 24 heavy (non-hydrogen) atoms. The molecule has 1 heterocycles. The molecule has 0 radical (unpaired) electrons. The van der Waals surface area contributed by atoms with E-state index < -0.39 is 11.6 Å². The van der Waals surface area contributed by atoms with Crippen molar-refractivity contribution >= 4 is 17.7 Å². The van der Waals surface area contributed by atoms with Gasteiger partial charge in [-0.1, -0.05) is 6.07 Å². The van der Waals surface area contributed by atoms with Crippen LogP contribution in [-0.2, 0) is 4.74 Å². The zero-order valence-corrected chi connectivity index (χ0v) is 14.0. The largest absolute Gasteiger partial charge is 0.497 e. The lowest BCUT2D eigenvalue weighted by Gasteiger charge is -2.21. The molecule has 0 aliphatic carbocycles. The molecule has 0 bridgehead atoms. The van der Waals surface area contributed by atoms with Gasteiger partial charge in [0, 0.05) is 17.1 Å². The molecule has 0 saturated heterocycles. The van der Waals surface area contributed by atoms with Crippen molar-refractivity contribution in [3.8, 4) is 5.75 Å². The minimum absolute atomic E-state index is 0.0418. The van der Waals surface area contributed by atoms with Gasteiger partial charge in [0.25, 0.3) is 0 Å². The smallest absolute Gasteiger partial charge is 0.222 e. The third-order valence-corrected chi connectivity index (χ3v) is 4.83. The zero-order chi connectivity index (χ0) is 16.9. The number of ether oxygens (including phenoxy) is 2. The maximum absolute atomic E-state index is 13.9. The first-order valence-electron chi connectivity index (χ1n) is 7.59. The molecule has 1 aliphatic rings. The molecule has 0 N–H and O–H groups in total. The Morgan fingerprint density at radius 3 is 2.54 bits per heavy atom. The maximum Gasteiger partial charge on any atom is 0.222 e. The molecule has 1 atom stereocenters. The van der Waals surface area contributed by atoms with Crippen LogP contribution < -0.4 is 4.74 Å². The molecular weight excluding hydrogens is 332 g/mol. The van der Waals surface area contributed by atoms with E-state index in [9.17, 15) is 8.78 Å². The summed E-state index contributed by atoms with van der Waals surface area (Å²) in [6.45, 7) is 0.403. The lowest BCUT2D eigenvalue weighted by molar-refractivity contribution is 0.264. The van der Waals surface area contributed by atoms with Crippen LogP contribution in [0.15, 0.2) is 52.4 Å². The van der Waals surface area contributed by atoms with Crippen molar-refractivity contribution in [1.82, 2.24) is 0 Å². The summed E-state index contributed by atoms with van der Waals surface area (Å²) >= 11 is 1.65. The van der Waals surface area contributed by atoms with Gasteiger partial charge in [-0.3, -0.25) is 0 Å². The Morgan fingerprint density at radius 2 is 1.88 bits per heavy atom. The molecule has 3 rings (SSSR count). The monoisotopic (exact) mass is 349 g/mol. The average molecular weight is 349 g/mol. The van der Waals surface area contributed by atoms with Crippen LogP contribution in [0.4, 0.5) is 8.78 Å². The Bertz CT molecular complexity index is 714. The van der Waals surface area contributed by atoms with Crippen molar-refractivity contribution in [3.63, 3.8) is 0 Å². The molecule has 0 saturated carbocycles. The van der Waals surface area contributed by atoms with E-state index in [-0.39, 0.29) is 17.5 Å². The highest BCUT2D eigenvalue weighted by molar-refractivity contribution is 7.99. The molecule has 0 fully saturated rings. The third-order valence-electron chi connectivity index (χ3n) is 3.67. The van der Waals surface area contributed by atoms with E-state index in [0.717, 1.165) is 22.8 Å². The normalized spacial score (nSPS) is 17.1. The van der Waals surface area contributed by atoms with E-state index in [2.05, 4.69) is 4.99 Å². The fraction of sp³-hybridized carbons (Fsp3) is 0.278. The van der Waals surface area contributed by atoms with Gasteiger partial charge in [-0.25, -0.2) is 13.8 Å². The lowest BCUT2D eigenvalue weighted by atomic mass is 10.1. The second kappa shape index (κ2) is 7.66. The van der Waals surface area contributed by atoms with E-state index >= 15 is 0 Å². The van der Waals surface area contributed by atoms with Gasteiger partial charge in [0.1, 0.15) is 22.9 Å². The van der Waals surface area contributed by atoms with Gasteiger partial charge in [0.15, 0.2) is 0 Å². The number of aliphatic imine (C=N–C) groups is 1. The Hall–Kier alpha value is -2.08. The number of nitrogens with zero attached hydrogens (tertiary/aromatic N) is 1. The molecule has 126 valence electrons. The first kappa shape index (κ1) is 16.8. The molecule has 0 amide bonds. The highest BCUT2D eigenvalue weighted by atomic mass is 32.2. The average Bonchev–Trinajstić information content (AvgIpc) is 2.61. The van der Waals surface area contributed by atoms with Crippen molar-refractivity contribution in [1.29, 1.82) is 0 Å². The Labute approximate surface area is 143 Å². The number of benzene rings is 2. The number of methoxy groups -OCH3 is 1. The van der Waals surface area contributed by atoms with Gasteiger partial charge >= 0.3 is 0 Å². The summed E-state index contributed by atoms with van der Waals surface area (Å²) in [5.74, 6) is 0.266. The van der Waals surface area contributed by atoms with Crippen LogP contribution in [0.5, 0.6) is 5.75 Å². The van der Waals surface area contributed by atoms with Crippen LogP contribution in [0, 0.1) is 11.6 Å². The number of rotatable bonds is 5. The van der Waals surface area contributed by atoms with Gasteiger partial charge < -0.3 is 9.47 Å². The third kappa shape index (κ3) is 3.87. The van der Waals surface area contributed by atoms with Gasteiger partial charge in [0.2, 0.25) is 5.90 Å². The summed E-state index contributed by atoms with van der Waals surface area (Å²) in [5, 5.41) is 0. The Morgan fingerprint density at radius 1 is 1.17 bits per heavy atom. The molecule has 1 aliphatic heterocycles. The Balaban J connectivity index is 1.70. The maximum atomic E-state index is 13.9. The quantitative estimate of drug-likeness (QED) is 0.754. The highest BCUT2D eigenvalue weighted by Gasteiger charge is 2.22. The summed E-state index contributed by atoms with van der Waals surface area (Å²) in [7, 11) is 1.63. The van der Waals surface area contributed by atoms with Crippen LogP contribution >= 0.6 is 11.8 Å². The number of hydrogen-bond donors (Lipinski definition) is 0. The van der Waals surface area contributed by atoms with Crippen LogP contribution in [0.3, 0.4) is 0 Å². The first-order chi connectivity index (χ1) is 11.7. The fourth-order valence-electron chi connectivity index (χ4n) is 2.38. The van der Waals surface area contributed by atoms with Crippen molar-refractivity contribution in [3.05, 3.63) is 59.7 Å². The van der Waals surface area contributed by atoms with Crippen LogP contribution in [0.25, 0.3) is 0 Å². The van der Waals surface area contributed by atoms with E-state index in [0.29, 0.717) is 6.61 Å². The Kier molecular flexibility index (Phi) is 5.35. The lowest BCUT2D eigenvalue weighted by Crippen LogP contribution is -2.25. The highest BCUT2D eigenvalue weighted by Crippen LogP contribution is 2.25. The van der Waals surface area contributed by atoms with Crippen molar-refractivity contribution < 1.29 is 18.3 Å². The molecule has 1 unspecified atom stereocenters. The molecule has 2 aromatic rings. The molecule has 3 nitrogen and oxygen atoms in total. The van der Waals surface area contributed by atoms with Crippen molar-refractivity contribution in [2.24, 2.45) is 4.99 Å². The van der Waals surface area contributed by atoms with Gasteiger partial charge in [0.05, 0.1) is 19.8 Å². The molecule has 6 heteroatoms. The molecule has 0 spiro atoms. The van der Waals surface area contributed by atoms with E-state index in [1.54, 1.807) is 18.9 Å².